The third-order valence-corrected chi connectivity index (χ3v) is 6.02. The van der Waals surface area contributed by atoms with Crippen molar-refractivity contribution in [1.82, 2.24) is 15.2 Å². The minimum Gasteiger partial charge on any atom is -0.361 e. The fourth-order valence-electron chi connectivity index (χ4n) is 4.44. The Morgan fingerprint density at radius 3 is 2.74 bits per heavy atom. The molecule has 2 aromatic carbocycles. The van der Waals surface area contributed by atoms with E-state index in [1.54, 1.807) is 4.90 Å². The number of nitrogens with one attached hydrogen (secondary N) is 2. The van der Waals surface area contributed by atoms with Gasteiger partial charge in [-0.1, -0.05) is 48.5 Å². The van der Waals surface area contributed by atoms with Crippen molar-refractivity contribution < 1.29 is 9.59 Å². The van der Waals surface area contributed by atoms with Gasteiger partial charge in [0.25, 0.3) is 0 Å². The summed E-state index contributed by atoms with van der Waals surface area (Å²) in [6.07, 6.45) is 5.21. The molecule has 31 heavy (non-hydrogen) atoms. The molecule has 4 N–H and O–H groups in total. The van der Waals surface area contributed by atoms with Gasteiger partial charge in [0.05, 0.1) is 0 Å². The molecule has 162 valence electrons. The molecule has 2 amide bonds. The number of nitrogens with two attached hydrogens (primary N) is 1. The smallest absolute Gasteiger partial charge is 0.242 e. The summed E-state index contributed by atoms with van der Waals surface area (Å²) >= 11 is 0. The third-order valence-electron chi connectivity index (χ3n) is 6.02. The molecule has 0 spiro atoms. The van der Waals surface area contributed by atoms with E-state index in [0.717, 1.165) is 23.9 Å². The number of carbonyl (C=O) groups excluding carboxylic acids is 2. The molecular weight excluding hydrogens is 388 g/mol. The lowest BCUT2D eigenvalue weighted by molar-refractivity contribution is -0.138. The number of rotatable bonds is 8. The number of H-pyrrole nitrogens is 1. The third kappa shape index (κ3) is 5.14. The second kappa shape index (κ2) is 9.79. The number of likely N-dealkylation sites (tertiary alicyclic amines) is 1. The van der Waals surface area contributed by atoms with Crippen LogP contribution in [-0.4, -0.2) is 46.9 Å². The van der Waals surface area contributed by atoms with Crippen LogP contribution in [-0.2, 0) is 22.4 Å². The number of benzene rings is 2. The second-order valence-corrected chi connectivity index (χ2v) is 8.30. The largest absolute Gasteiger partial charge is 0.361 e. The van der Waals surface area contributed by atoms with Gasteiger partial charge in [-0.05, 0) is 42.9 Å². The predicted molar refractivity (Wildman–Crippen MR) is 122 cm³/mol. The predicted octanol–water partition coefficient (Wildman–Crippen LogP) is 2.78. The summed E-state index contributed by atoms with van der Waals surface area (Å²) in [5.74, 6) is -0.0972. The number of aromatic nitrogens is 1. The Hall–Kier alpha value is -3.12. The van der Waals surface area contributed by atoms with Gasteiger partial charge in [-0.3, -0.25) is 9.59 Å². The summed E-state index contributed by atoms with van der Waals surface area (Å²) in [7, 11) is 0. The molecule has 2 atom stereocenters. The first-order valence-corrected chi connectivity index (χ1v) is 11.0. The van der Waals surface area contributed by atoms with E-state index in [1.807, 2.05) is 54.7 Å². The van der Waals surface area contributed by atoms with Crippen molar-refractivity contribution in [2.75, 3.05) is 13.1 Å². The number of para-hydroxylation sites is 1. The van der Waals surface area contributed by atoms with Gasteiger partial charge in [0.1, 0.15) is 6.04 Å². The van der Waals surface area contributed by atoms with Crippen LogP contribution in [0.5, 0.6) is 0 Å². The van der Waals surface area contributed by atoms with E-state index in [2.05, 4.69) is 16.4 Å². The molecule has 0 bridgehead atoms. The van der Waals surface area contributed by atoms with Crippen LogP contribution >= 0.6 is 0 Å². The van der Waals surface area contributed by atoms with Crippen LogP contribution in [0.4, 0.5) is 0 Å². The number of hydrogen-bond donors (Lipinski definition) is 3. The lowest BCUT2D eigenvalue weighted by Crippen LogP contribution is -2.47. The van der Waals surface area contributed by atoms with E-state index in [0.29, 0.717) is 25.9 Å². The Kier molecular flexibility index (Phi) is 6.67. The normalized spacial score (nSPS) is 17.1. The summed E-state index contributed by atoms with van der Waals surface area (Å²) < 4.78 is 0. The quantitative estimate of drug-likeness (QED) is 0.525. The van der Waals surface area contributed by atoms with Gasteiger partial charge in [-0.15, -0.1) is 0 Å². The SMILES string of the molecule is N[C@@H](CC(=O)N1CCC[C@H]1C(=O)NCCc1c[nH]c2ccccc12)Cc1ccccc1. The molecule has 0 unspecified atom stereocenters. The number of nitrogens with zero attached hydrogens (tertiary/aromatic N) is 1. The van der Waals surface area contributed by atoms with Crippen LogP contribution in [0.1, 0.15) is 30.4 Å². The molecule has 0 aliphatic carbocycles. The average molecular weight is 419 g/mol. The molecule has 6 heteroatoms. The summed E-state index contributed by atoms with van der Waals surface area (Å²) in [5, 5.41) is 4.21. The van der Waals surface area contributed by atoms with Crippen LogP contribution in [0.2, 0.25) is 0 Å². The van der Waals surface area contributed by atoms with Gasteiger partial charge >= 0.3 is 0 Å². The summed E-state index contributed by atoms with van der Waals surface area (Å²) in [5.41, 5.74) is 9.63. The summed E-state index contributed by atoms with van der Waals surface area (Å²) in [6.45, 7) is 1.17. The number of aromatic amines is 1. The van der Waals surface area contributed by atoms with E-state index in [9.17, 15) is 9.59 Å². The highest BCUT2D eigenvalue weighted by molar-refractivity contribution is 5.88. The Morgan fingerprint density at radius 1 is 1.13 bits per heavy atom. The zero-order chi connectivity index (χ0) is 21.6. The maximum atomic E-state index is 12.8. The second-order valence-electron chi connectivity index (χ2n) is 8.30. The van der Waals surface area contributed by atoms with Crippen molar-refractivity contribution in [3.8, 4) is 0 Å². The highest BCUT2D eigenvalue weighted by Gasteiger charge is 2.34. The topological polar surface area (TPSA) is 91.2 Å². The van der Waals surface area contributed by atoms with Gasteiger partial charge in [0.15, 0.2) is 0 Å². The molecule has 1 aromatic heterocycles. The molecule has 1 aliphatic heterocycles. The standard InChI is InChI=1S/C25H30N4O2/c26-20(15-18-7-2-1-3-8-18)16-24(30)29-14-6-11-23(29)25(31)27-13-12-19-17-28-22-10-5-4-9-21(19)22/h1-5,7-10,17,20,23,28H,6,11-16,26H2,(H,27,31)/t20-,23+/m1/s1. The van der Waals surface area contributed by atoms with E-state index >= 15 is 0 Å². The van der Waals surface area contributed by atoms with E-state index in [-0.39, 0.29) is 30.3 Å². The van der Waals surface area contributed by atoms with Gasteiger partial charge in [-0.25, -0.2) is 0 Å². The lowest BCUT2D eigenvalue weighted by atomic mass is 10.0. The molecule has 0 saturated carbocycles. The fourth-order valence-corrected chi connectivity index (χ4v) is 4.44. The first-order valence-electron chi connectivity index (χ1n) is 11.0. The first-order chi connectivity index (χ1) is 15.1. The Labute approximate surface area is 182 Å². The molecule has 3 aromatic rings. The van der Waals surface area contributed by atoms with Gasteiger partial charge in [0.2, 0.25) is 11.8 Å². The van der Waals surface area contributed by atoms with Crippen LogP contribution in [0, 0.1) is 0 Å². The first kappa shape index (κ1) is 21.1. The van der Waals surface area contributed by atoms with Crippen LogP contribution in [0.15, 0.2) is 60.8 Å². The Morgan fingerprint density at radius 2 is 1.90 bits per heavy atom. The van der Waals surface area contributed by atoms with Crippen molar-refractivity contribution in [2.24, 2.45) is 5.73 Å². The van der Waals surface area contributed by atoms with Gasteiger partial charge in [0, 0.05) is 42.7 Å². The van der Waals surface area contributed by atoms with Crippen molar-refractivity contribution in [3.05, 3.63) is 71.9 Å². The molecule has 2 heterocycles. The minimum absolute atomic E-state index is 0.0299. The van der Waals surface area contributed by atoms with E-state index < -0.39 is 0 Å². The maximum absolute atomic E-state index is 12.8. The van der Waals surface area contributed by atoms with Crippen molar-refractivity contribution in [3.63, 3.8) is 0 Å². The highest BCUT2D eigenvalue weighted by atomic mass is 16.2. The summed E-state index contributed by atoms with van der Waals surface area (Å²) in [4.78, 5) is 30.6. The highest BCUT2D eigenvalue weighted by Crippen LogP contribution is 2.20. The molecule has 1 saturated heterocycles. The molecule has 1 fully saturated rings. The molecule has 4 rings (SSSR count). The Bertz CT molecular complexity index is 1030. The molecular formula is C25H30N4O2. The van der Waals surface area contributed by atoms with Crippen LogP contribution in [0.25, 0.3) is 10.9 Å². The maximum Gasteiger partial charge on any atom is 0.242 e. The molecule has 0 radical (unpaired) electrons. The van der Waals surface area contributed by atoms with Crippen molar-refractivity contribution in [1.29, 1.82) is 0 Å². The number of hydrogen-bond acceptors (Lipinski definition) is 3. The van der Waals surface area contributed by atoms with Gasteiger partial charge < -0.3 is 20.9 Å². The molecule has 1 aliphatic rings. The van der Waals surface area contributed by atoms with E-state index in [1.165, 1.54) is 10.9 Å². The molecule has 6 nitrogen and oxygen atoms in total. The van der Waals surface area contributed by atoms with Crippen molar-refractivity contribution >= 4 is 22.7 Å². The summed E-state index contributed by atoms with van der Waals surface area (Å²) in [6, 6.07) is 17.5. The monoisotopic (exact) mass is 418 g/mol. The number of fused-ring (bicyclic) bond motifs is 1. The average Bonchev–Trinajstić information content (AvgIpc) is 3.42. The number of carbonyl (C=O) groups is 2. The van der Waals surface area contributed by atoms with E-state index in [4.69, 9.17) is 5.73 Å². The number of amides is 2. The van der Waals surface area contributed by atoms with Crippen molar-refractivity contribution in [2.45, 2.75) is 44.2 Å². The minimum atomic E-state index is -0.389. The van der Waals surface area contributed by atoms with Gasteiger partial charge in [-0.2, -0.15) is 0 Å². The Balaban J connectivity index is 1.28. The zero-order valence-corrected chi connectivity index (χ0v) is 17.7. The zero-order valence-electron chi connectivity index (χ0n) is 17.7. The van der Waals surface area contributed by atoms with Crippen LogP contribution in [0.3, 0.4) is 0 Å². The lowest BCUT2D eigenvalue weighted by Gasteiger charge is -2.25. The van der Waals surface area contributed by atoms with Crippen LogP contribution < -0.4 is 11.1 Å². The fraction of sp³-hybridized carbons (Fsp3) is 0.360.